The molecule has 0 bridgehead atoms. The van der Waals surface area contributed by atoms with Crippen LogP contribution in [0.3, 0.4) is 0 Å². The average molecular weight is 405 g/mol. The Bertz CT molecular complexity index is 821. The fourth-order valence-electron chi connectivity index (χ4n) is 2.47. The monoisotopic (exact) mass is 404 g/mol. The van der Waals surface area contributed by atoms with E-state index in [0.717, 1.165) is 17.8 Å². The van der Waals surface area contributed by atoms with Crippen molar-refractivity contribution in [2.24, 2.45) is 0 Å². The lowest BCUT2D eigenvalue weighted by Gasteiger charge is -2.11. The van der Waals surface area contributed by atoms with E-state index in [9.17, 15) is 4.79 Å². The number of nitrogens with one attached hydrogen (secondary N) is 1. The van der Waals surface area contributed by atoms with E-state index in [0.29, 0.717) is 36.2 Å². The standard InChI is InChI=1S/C19H28N6O2S/c1-6-10-25-15(17(23-24-25)18(26)20-13(3)7-2)9-8-11-27-16-12-14(4)21-19(22-16)28-5/h6,10,12-13H,7-9,11H2,1-5H3,(H,20,26)/b10-6+. The Hall–Kier alpha value is -2.42. The molecule has 0 aliphatic carbocycles. The summed E-state index contributed by atoms with van der Waals surface area (Å²) in [7, 11) is 0. The normalized spacial score (nSPS) is 12.3. The lowest BCUT2D eigenvalue weighted by molar-refractivity contribution is 0.0933. The quantitative estimate of drug-likeness (QED) is 0.369. The van der Waals surface area contributed by atoms with Gasteiger partial charge in [0.25, 0.3) is 5.91 Å². The Balaban J connectivity index is 2.03. The van der Waals surface area contributed by atoms with Gasteiger partial charge in [-0.15, -0.1) is 5.10 Å². The minimum absolute atomic E-state index is 0.0854. The number of hydrogen-bond donors (Lipinski definition) is 1. The lowest BCUT2D eigenvalue weighted by atomic mass is 10.1. The predicted octanol–water partition coefficient (Wildman–Crippen LogP) is 3.13. The maximum atomic E-state index is 12.5. The first-order valence-corrected chi connectivity index (χ1v) is 10.6. The van der Waals surface area contributed by atoms with Crippen LogP contribution in [0.25, 0.3) is 6.20 Å². The number of nitrogens with zero attached hydrogens (tertiary/aromatic N) is 5. The van der Waals surface area contributed by atoms with Crippen molar-refractivity contribution >= 4 is 23.9 Å². The first-order chi connectivity index (χ1) is 13.5. The molecule has 1 atom stereocenters. The van der Waals surface area contributed by atoms with Gasteiger partial charge in [0, 0.05) is 24.0 Å². The molecule has 0 saturated carbocycles. The Morgan fingerprint density at radius 3 is 2.89 bits per heavy atom. The van der Waals surface area contributed by atoms with Gasteiger partial charge in [-0.25, -0.2) is 9.67 Å². The van der Waals surface area contributed by atoms with Crippen LogP contribution in [0.1, 0.15) is 55.5 Å². The molecule has 2 aromatic heterocycles. The summed E-state index contributed by atoms with van der Waals surface area (Å²) in [6.07, 6.45) is 7.75. The summed E-state index contributed by atoms with van der Waals surface area (Å²) < 4.78 is 7.42. The highest BCUT2D eigenvalue weighted by Gasteiger charge is 2.19. The summed E-state index contributed by atoms with van der Waals surface area (Å²) in [5.74, 6) is 0.365. The zero-order chi connectivity index (χ0) is 20.5. The van der Waals surface area contributed by atoms with Gasteiger partial charge in [-0.1, -0.05) is 30.0 Å². The zero-order valence-electron chi connectivity index (χ0n) is 17.1. The van der Waals surface area contributed by atoms with Crippen molar-refractivity contribution in [2.75, 3.05) is 12.9 Å². The Labute approximate surface area is 170 Å². The van der Waals surface area contributed by atoms with Crippen molar-refractivity contribution in [3.8, 4) is 5.88 Å². The van der Waals surface area contributed by atoms with Crippen molar-refractivity contribution < 1.29 is 9.53 Å². The van der Waals surface area contributed by atoms with E-state index in [2.05, 4.69) is 25.6 Å². The van der Waals surface area contributed by atoms with Crippen molar-refractivity contribution in [3.05, 3.63) is 29.2 Å². The SMILES string of the molecule is C/C=C/n1nnc(C(=O)NC(C)CC)c1CCCOc1cc(C)nc(SC)n1. The molecule has 0 aliphatic rings. The third kappa shape index (κ3) is 6.05. The average Bonchev–Trinajstić information content (AvgIpc) is 3.07. The van der Waals surface area contributed by atoms with Crippen molar-refractivity contribution in [2.45, 2.75) is 58.2 Å². The summed E-state index contributed by atoms with van der Waals surface area (Å²) in [5, 5.41) is 11.8. The lowest BCUT2D eigenvalue weighted by Crippen LogP contribution is -2.33. The molecule has 2 heterocycles. The number of rotatable bonds is 10. The van der Waals surface area contributed by atoms with Crippen molar-refractivity contribution in [1.82, 2.24) is 30.3 Å². The van der Waals surface area contributed by atoms with Gasteiger partial charge in [0.1, 0.15) is 0 Å². The largest absolute Gasteiger partial charge is 0.478 e. The van der Waals surface area contributed by atoms with Crippen LogP contribution < -0.4 is 10.1 Å². The molecule has 2 aromatic rings. The molecule has 0 fully saturated rings. The summed E-state index contributed by atoms with van der Waals surface area (Å²) >= 11 is 1.48. The molecule has 1 amide bonds. The van der Waals surface area contributed by atoms with Crippen LogP contribution in [0.4, 0.5) is 0 Å². The van der Waals surface area contributed by atoms with Gasteiger partial charge in [0.2, 0.25) is 5.88 Å². The zero-order valence-corrected chi connectivity index (χ0v) is 17.9. The van der Waals surface area contributed by atoms with E-state index in [-0.39, 0.29) is 11.9 Å². The maximum absolute atomic E-state index is 12.5. The van der Waals surface area contributed by atoms with Crippen LogP contribution >= 0.6 is 11.8 Å². The molecule has 0 radical (unpaired) electrons. The number of amides is 1. The third-order valence-electron chi connectivity index (χ3n) is 4.09. The van der Waals surface area contributed by atoms with Crippen LogP contribution in [0, 0.1) is 6.92 Å². The number of carbonyl (C=O) groups excluding carboxylic acids is 1. The van der Waals surface area contributed by atoms with Gasteiger partial charge in [-0.2, -0.15) is 4.98 Å². The summed E-state index contributed by atoms with van der Waals surface area (Å²) in [6.45, 7) is 8.27. The van der Waals surface area contributed by atoms with Gasteiger partial charge in [0.05, 0.1) is 12.3 Å². The summed E-state index contributed by atoms with van der Waals surface area (Å²) in [4.78, 5) is 21.2. The fraction of sp³-hybridized carbons (Fsp3) is 0.526. The van der Waals surface area contributed by atoms with Gasteiger partial charge in [-0.05, 0) is 46.3 Å². The molecule has 0 aromatic carbocycles. The maximum Gasteiger partial charge on any atom is 0.273 e. The Morgan fingerprint density at radius 1 is 1.43 bits per heavy atom. The van der Waals surface area contributed by atoms with E-state index in [1.54, 1.807) is 10.9 Å². The molecular formula is C19H28N6O2S. The number of aryl methyl sites for hydroxylation is 1. The third-order valence-corrected chi connectivity index (χ3v) is 4.63. The van der Waals surface area contributed by atoms with Gasteiger partial charge >= 0.3 is 0 Å². The molecule has 0 spiro atoms. The summed E-state index contributed by atoms with van der Waals surface area (Å²) in [6, 6.07) is 1.90. The van der Waals surface area contributed by atoms with E-state index >= 15 is 0 Å². The van der Waals surface area contributed by atoms with Crippen LogP contribution in [0.15, 0.2) is 17.3 Å². The Kier molecular flexibility index (Phi) is 8.43. The van der Waals surface area contributed by atoms with Crippen LogP contribution in [-0.2, 0) is 6.42 Å². The second-order valence-corrected chi connectivity index (χ2v) is 7.15. The molecule has 0 aliphatic heterocycles. The fourth-order valence-corrected chi connectivity index (χ4v) is 2.89. The van der Waals surface area contributed by atoms with E-state index < -0.39 is 0 Å². The minimum atomic E-state index is -0.197. The number of hydrogen-bond acceptors (Lipinski definition) is 7. The van der Waals surface area contributed by atoms with E-state index in [1.807, 2.05) is 46.1 Å². The molecule has 1 unspecified atom stereocenters. The van der Waals surface area contributed by atoms with Crippen molar-refractivity contribution in [1.29, 1.82) is 0 Å². The smallest absolute Gasteiger partial charge is 0.273 e. The molecule has 1 N–H and O–H groups in total. The van der Waals surface area contributed by atoms with E-state index in [1.165, 1.54) is 11.8 Å². The number of allylic oxidation sites excluding steroid dienone is 1. The molecule has 28 heavy (non-hydrogen) atoms. The van der Waals surface area contributed by atoms with E-state index in [4.69, 9.17) is 4.74 Å². The molecule has 8 nitrogen and oxygen atoms in total. The molecule has 0 saturated heterocycles. The summed E-state index contributed by atoms with van der Waals surface area (Å²) in [5.41, 5.74) is 2.00. The highest BCUT2D eigenvalue weighted by atomic mass is 32.2. The topological polar surface area (TPSA) is 94.8 Å². The number of ether oxygens (including phenoxy) is 1. The second-order valence-electron chi connectivity index (χ2n) is 6.38. The highest BCUT2D eigenvalue weighted by Crippen LogP contribution is 2.16. The molecular weight excluding hydrogens is 376 g/mol. The van der Waals surface area contributed by atoms with Crippen LogP contribution in [0.5, 0.6) is 5.88 Å². The first kappa shape index (κ1) is 21.9. The van der Waals surface area contributed by atoms with Gasteiger partial charge in [0.15, 0.2) is 10.9 Å². The molecule has 9 heteroatoms. The minimum Gasteiger partial charge on any atom is -0.478 e. The first-order valence-electron chi connectivity index (χ1n) is 9.38. The predicted molar refractivity (Wildman–Crippen MR) is 111 cm³/mol. The van der Waals surface area contributed by atoms with Gasteiger partial charge < -0.3 is 10.1 Å². The molecule has 2 rings (SSSR count). The van der Waals surface area contributed by atoms with Gasteiger partial charge in [-0.3, -0.25) is 4.79 Å². The molecule has 152 valence electrons. The van der Waals surface area contributed by atoms with Crippen LogP contribution in [-0.4, -0.2) is 49.8 Å². The van der Waals surface area contributed by atoms with Crippen LogP contribution in [0.2, 0.25) is 0 Å². The number of carbonyl (C=O) groups is 1. The highest BCUT2D eigenvalue weighted by molar-refractivity contribution is 7.98. The number of aromatic nitrogens is 5. The number of thioether (sulfide) groups is 1. The van der Waals surface area contributed by atoms with Crippen molar-refractivity contribution in [3.63, 3.8) is 0 Å². The second kappa shape index (κ2) is 10.8. The Morgan fingerprint density at radius 2 is 2.21 bits per heavy atom.